The highest BCUT2D eigenvalue weighted by atomic mass is 16.5. The average molecular weight is 402 g/mol. The summed E-state index contributed by atoms with van der Waals surface area (Å²) in [6.45, 7) is 4.56. The monoisotopic (exact) mass is 402 g/mol. The SMILES string of the molecule is CCCCOc1ccccc1C(=O)Nc1ccc(NC(=O)c2ccccc2)c(C)c1. The molecule has 0 aromatic heterocycles. The van der Waals surface area contributed by atoms with Gasteiger partial charge in [0.05, 0.1) is 12.2 Å². The molecular weight excluding hydrogens is 376 g/mol. The van der Waals surface area contributed by atoms with Gasteiger partial charge in [-0.25, -0.2) is 0 Å². The first kappa shape index (κ1) is 21.1. The van der Waals surface area contributed by atoms with Gasteiger partial charge in [0.15, 0.2) is 0 Å². The molecule has 0 radical (unpaired) electrons. The summed E-state index contributed by atoms with van der Waals surface area (Å²) >= 11 is 0. The Morgan fingerprint density at radius 1 is 0.867 bits per heavy atom. The summed E-state index contributed by atoms with van der Waals surface area (Å²) in [6, 6.07) is 21.7. The van der Waals surface area contributed by atoms with Gasteiger partial charge < -0.3 is 15.4 Å². The summed E-state index contributed by atoms with van der Waals surface area (Å²) in [5.74, 6) is 0.170. The van der Waals surface area contributed by atoms with Gasteiger partial charge in [-0.15, -0.1) is 0 Å². The molecule has 0 heterocycles. The number of rotatable bonds is 8. The second-order valence-corrected chi connectivity index (χ2v) is 7.00. The number of unbranched alkanes of at least 4 members (excludes halogenated alkanes) is 1. The fraction of sp³-hybridized carbons (Fsp3) is 0.200. The molecule has 2 N–H and O–H groups in total. The Labute approximate surface area is 177 Å². The van der Waals surface area contributed by atoms with Crippen LogP contribution in [0.3, 0.4) is 0 Å². The second-order valence-electron chi connectivity index (χ2n) is 7.00. The number of benzene rings is 3. The summed E-state index contributed by atoms with van der Waals surface area (Å²) in [4.78, 5) is 25.1. The van der Waals surface area contributed by atoms with Crippen LogP contribution < -0.4 is 15.4 Å². The van der Waals surface area contributed by atoms with Gasteiger partial charge in [-0.3, -0.25) is 9.59 Å². The van der Waals surface area contributed by atoms with Crippen molar-refractivity contribution >= 4 is 23.2 Å². The summed E-state index contributed by atoms with van der Waals surface area (Å²) in [7, 11) is 0. The van der Waals surface area contributed by atoms with Crippen molar-refractivity contribution in [2.45, 2.75) is 26.7 Å². The van der Waals surface area contributed by atoms with Gasteiger partial charge in [-0.1, -0.05) is 43.7 Å². The van der Waals surface area contributed by atoms with Crippen LogP contribution in [-0.4, -0.2) is 18.4 Å². The van der Waals surface area contributed by atoms with E-state index < -0.39 is 0 Å². The van der Waals surface area contributed by atoms with Gasteiger partial charge in [0.25, 0.3) is 11.8 Å². The summed E-state index contributed by atoms with van der Waals surface area (Å²) in [6.07, 6.45) is 1.96. The number of carbonyl (C=O) groups excluding carboxylic acids is 2. The maximum atomic E-state index is 12.8. The minimum atomic E-state index is -0.234. The van der Waals surface area contributed by atoms with E-state index in [1.807, 2.05) is 43.3 Å². The number of hydrogen-bond donors (Lipinski definition) is 2. The van der Waals surface area contributed by atoms with E-state index in [0.717, 1.165) is 18.4 Å². The van der Waals surface area contributed by atoms with Gasteiger partial charge in [-0.05, 0) is 61.4 Å². The van der Waals surface area contributed by atoms with Crippen LogP contribution in [0.5, 0.6) is 5.75 Å². The normalized spacial score (nSPS) is 10.3. The lowest BCUT2D eigenvalue weighted by atomic mass is 10.1. The summed E-state index contributed by atoms with van der Waals surface area (Å²) in [5.41, 5.74) is 3.29. The van der Waals surface area contributed by atoms with Gasteiger partial charge in [0.2, 0.25) is 0 Å². The summed E-state index contributed by atoms with van der Waals surface area (Å²) in [5, 5.41) is 5.82. The highest BCUT2D eigenvalue weighted by Gasteiger charge is 2.13. The van der Waals surface area contributed by atoms with Crippen LogP contribution >= 0.6 is 0 Å². The maximum Gasteiger partial charge on any atom is 0.259 e. The lowest BCUT2D eigenvalue weighted by Crippen LogP contribution is -2.15. The summed E-state index contributed by atoms with van der Waals surface area (Å²) < 4.78 is 5.76. The molecule has 0 saturated carbocycles. The van der Waals surface area contributed by atoms with Crippen molar-refractivity contribution in [1.82, 2.24) is 0 Å². The fourth-order valence-corrected chi connectivity index (χ4v) is 2.97. The Balaban J connectivity index is 1.69. The van der Waals surface area contributed by atoms with Gasteiger partial charge in [0, 0.05) is 16.9 Å². The van der Waals surface area contributed by atoms with Crippen molar-refractivity contribution in [3.05, 3.63) is 89.5 Å². The molecule has 0 saturated heterocycles. The van der Waals surface area contributed by atoms with Crippen LogP contribution in [-0.2, 0) is 0 Å². The van der Waals surface area contributed by atoms with Crippen LogP contribution in [0.1, 0.15) is 46.0 Å². The van der Waals surface area contributed by atoms with Gasteiger partial charge >= 0.3 is 0 Å². The van der Waals surface area contributed by atoms with Crippen molar-refractivity contribution in [3.8, 4) is 5.75 Å². The maximum absolute atomic E-state index is 12.8. The topological polar surface area (TPSA) is 67.4 Å². The van der Waals surface area contributed by atoms with Crippen LogP contribution in [0, 0.1) is 6.92 Å². The van der Waals surface area contributed by atoms with Crippen molar-refractivity contribution in [2.75, 3.05) is 17.2 Å². The van der Waals surface area contributed by atoms with E-state index in [1.54, 1.807) is 36.4 Å². The number of ether oxygens (including phenoxy) is 1. The molecule has 0 bridgehead atoms. The number of amides is 2. The first-order valence-electron chi connectivity index (χ1n) is 10.1. The van der Waals surface area contributed by atoms with Crippen molar-refractivity contribution in [3.63, 3.8) is 0 Å². The van der Waals surface area contributed by atoms with Crippen molar-refractivity contribution in [1.29, 1.82) is 0 Å². The lowest BCUT2D eigenvalue weighted by molar-refractivity contribution is 0.101. The molecule has 154 valence electrons. The second kappa shape index (κ2) is 10.3. The first-order chi connectivity index (χ1) is 14.6. The molecule has 0 unspecified atom stereocenters. The van der Waals surface area contributed by atoms with Crippen LogP contribution in [0.2, 0.25) is 0 Å². The predicted molar refractivity (Wildman–Crippen MR) is 120 cm³/mol. The Bertz CT molecular complexity index is 1020. The standard InChI is InChI=1S/C25H26N2O3/c1-3-4-16-30-23-13-9-8-12-21(23)25(29)26-20-14-15-22(18(2)17-20)27-24(28)19-10-6-5-7-11-19/h5-15,17H,3-4,16H2,1-2H3,(H,26,29)(H,27,28). The molecule has 2 amide bonds. The van der Waals surface area contributed by atoms with Gasteiger partial charge in [0.1, 0.15) is 5.75 Å². The molecular formula is C25H26N2O3. The molecule has 30 heavy (non-hydrogen) atoms. The minimum Gasteiger partial charge on any atom is -0.493 e. The third-order valence-corrected chi connectivity index (χ3v) is 4.66. The number of aryl methyl sites for hydroxylation is 1. The molecule has 3 rings (SSSR count). The molecule has 3 aromatic rings. The quantitative estimate of drug-likeness (QED) is 0.477. The van der Waals surface area contributed by atoms with Crippen molar-refractivity contribution in [2.24, 2.45) is 0 Å². The highest BCUT2D eigenvalue weighted by molar-refractivity contribution is 6.07. The Kier molecular flexibility index (Phi) is 7.22. The zero-order valence-corrected chi connectivity index (χ0v) is 17.3. The van der Waals surface area contributed by atoms with Crippen LogP contribution in [0.15, 0.2) is 72.8 Å². The largest absolute Gasteiger partial charge is 0.493 e. The van der Waals surface area contributed by atoms with Gasteiger partial charge in [-0.2, -0.15) is 0 Å². The number of nitrogens with one attached hydrogen (secondary N) is 2. The third kappa shape index (κ3) is 5.47. The van der Waals surface area contributed by atoms with E-state index in [-0.39, 0.29) is 11.8 Å². The van der Waals surface area contributed by atoms with Crippen LogP contribution in [0.25, 0.3) is 0 Å². The smallest absolute Gasteiger partial charge is 0.259 e. The van der Waals surface area contributed by atoms with E-state index in [0.29, 0.717) is 34.9 Å². The molecule has 5 heteroatoms. The third-order valence-electron chi connectivity index (χ3n) is 4.66. The average Bonchev–Trinajstić information content (AvgIpc) is 2.76. The Morgan fingerprint density at radius 2 is 1.60 bits per heavy atom. The molecule has 0 aliphatic rings. The Hall–Kier alpha value is -3.60. The number of carbonyl (C=O) groups is 2. The molecule has 0 atom stereocenters. The number of anilines is 2. The predicted octanol–water partition coefficient (Wildman–Crippen LogP) is 5.68. The number of hydrogen-bond acceptors (Lipinski definition) is 3. The molecule has 0 aliphatic carbocycles. The zero-order chi connectivity index (χ0) is 21.3. The van der Waals surface area contributed by atoms with E-state index >= 15 is 0 Å². The highest BCUT2D eigenvalue weighted by Crippen LogP contribution is 2.23. The van der Waals surface area contributed by atoms with E-state index in [1.165, 1.54) is 0 Å². The molecule has 0 spiro atoms. The van der Waals surface area contributed by atoms with E-state index in [4.69, 9.17) is 4.74 Å². The Morgan fingerprint density at radius 3 is 2.33 bits per heavy atom. The van der Waals surface area contributed by atoms with E-state index in [2.05, 4.69) is 17.6 Å². The minimum absolute atomic E-state index is 0.173. The van der Waals surface area contributed by atoms with Crippen molar-refractivity contribution < 1.29 is 14.3 Å². The first-order valence-corrected chi connectivity index (χ1v) is 10.1. The number of para-hydroxylation sites is 1. The zero-order valence-electron chi connectivity index (χ0n) is 17.3. The molecule has 5 nitrogen and oxygen atoms in total. The molecule has 3 aromatic carbocycles. The van der Waals surface area contributed by atoms with E-state index in [9.17, 15) is 9.59 Å². The fourth-order valence-electron chi connectivity index (χ4n) is 2.97. The lowest BCUT2D eigenvalue weighted by Gasteiger charge is -2.13. The molecule has 0 aliphatic heterocycles. The molecule has 0 fully saturated rings. The van der Waals surface area contributed by atoms with Crippen LogP contribution in [0.4, 0.5) is 11.4 Å².